The van der Waals surface area contributed by atoms with E-state index in [2.05, 4.69) is 15.5 Å². The molecule has 1 aromatic carbocycles. The Labute approximate surface area is 155 Å². The molecule has 140 valence electrons. The number of rotatable bonds is 6. The van der Waals surface area contributed by atoms with Crippen molar-refractivity contribution in [3.05, 3.63) is 52.5 Å². The number of anilines is 1. The molecule has 12 heteroatoms. The van der Waals surface area contributed by atoms with Crippen molar-refractivity contribution in [2.75, 3.05) is 11.2 Å². The molecule has 1 atom stereocenters. The van der Waals surface area contributed by atoms with Crippen LogP contribution in [0.1, 0.15) is 6.92 Å². The molecule has 10 nitrogen and oxygen atoms in total. The Kier molecular flexibility index (Phi) is 5.07. The zero-order valence-corrected chi connectivity index (χ0v) is 14.6. The highest BCUT2D eigenvalue weighted by Crippen LogP contribution is 2.26. The largest absolute Gasteiger partial charge is 0.461 e. The van der Waals surface area contributed by atoms with Crippen LogP contribution in [0.15, 0.2) is 46.2 Å². The topological polar surface area (TPSA) is 142 Å². The van der Waals surface area contributed by atoms with E-state index in [0.29, 0.717) is 11.6 Å². The average molecular weight is 392 g/mol. The summed E-state index contributed by atoms with van der Waals surface area (Å²) in [5.41, 5.74) is -0.621. The van der Waals surface area contributed by atoms with E-state index in [-0.39, 0.29) is 10.8 Å². The second kappa shape index (κ2) is 7.45. The van der Waals surface area contributed by atoms with Crippen molar-refractivity contribution in [3.8, 4) is 11.6 Å². The van der Waals surface area contributed by atoms with Crippen molar-refractivity contribution < 1.29 is 18.5 Å². The molecule has 27 heavy (non-hydrogen) atoms. The average Bonchev–Trinajstić information content (AvgIpc) is 3.27. The number of nitro benzene ring substituents is 1. The molecule has 1 unspecified atom stereocenters. The highest BCUT2D eigenvalue weighted by atomic mass is 32.2. The number of amides is 1. The fourth-order valence-corrected chi connectivity index (χ4v) is 2.89. The van der Waals surface area contributed by atoms with Gasteiger partial charge >= 0.3 is 5.69 Å². The molecule has 0 spiro atoms. The van der Waals surface area contributed by atoms with E-state index in [4.69, 9.17) is 10.3 Å². The minimum atomic E-state index is -0.984. The fourth-order valence-electron chi connectivity index (χ4n) is 2.12. The lowest BCUT2D eigenvalue weighted by molar-refractivity contribution is -0.387. The van der Waals surface area contributed by atoms with Gasteiger partial charge in [0.1, 0.15) is 0 Å². The van der Waals surface area contributed by atoms with Gasteiger partial charge in [-0.15, -0.1) is 10.2 Å². The summed E-state index contributed by atoms with van der Waals surface area (Å²) in [6.45, 7) is 1.60. The van der Waals surface area contributed by atoms with E-state index in [9.17, 15) is 19.3 Å². The predicted octanol–water partition coefficient (Wildman–Crippen LogP) is 2.42. The van der Waals surface area contributed by atoms with Crippen LogP contribution in [0, 0.1) is 15.9 Å². The van der Waals surface area contributed by atoms with Crippen molar-refractivity contribution in [1.29, 1.82) is 0 Å². The first-order chi connectivity index (χ1) is 12.9. The maximum absolute atomic E-state index is 13.4. The molecular weight excluding hydrogens is 379 g/mol. The number of thioether (sulfide) groups is 1. The molecular formula is C15H13FN6O4S. The Hall–Kier alpha value is -3.41. The van der Waals surface area contributed by atoms with E-state index < -0.39 is 27.6 Å². The molecule has 3 N–H and O–H groups in total. The quantitative estimate of drug-likeness (QED) is 0.282. The standard InChI is InChI=1S/C15H13FN6O4S/c1-8(14(23)18-9-4-5-10(16)11(7-9)22(24)25)27-15-20-19-13(21(15)17)12-3-2-6-26-12/h2-8H,17H2,1H3,(H,18,23). The molecule has 0 aliphatic heterocycles. The Morgan fingerprint density at radius 2 is 2.22 bits per heavy atom. The van der Waals surface area contributed by atoms with E-state index in [1.54, 1.807) is 19.1 Å². The summed E-state index contributed by atoms with van der Waals surface area (Å²) < 4.78 is 19.8. The number of hydrogen-bond donors (Lipinski definition) is 2. The number of nitrogens with one attached hydrogen (secondary N) is 1. The predicted molar refractivity (Wildman–Crippen MR) is 94.9 cm³/mol. The summed E-state index contributed by atoms with van der Waals surface area (Å²) in [4.78, 5) is 22.2. The molecule has 2 heterocycles. The molecule has 0 fully saturated rings. The first-order valence-corrected chi connectivity index (χ1v) is 8.40. The number of nitrogens with zero attached hydrogens (tertiary/aromatic N) is 4. The van der Waals surface area contributed by atoms with Gasteiger partial charge in [-0.1, -0.05) is 11.8 Å². The third-order valence-electron chi connectivity index (χ3n) is 3.47. The minimum Gasteiger partial charge on any atom is -0.461 e. The smallest absolute Gasteiger partial charge is 0.306 e. The number of nitrogen functional groups attached to an aromatic ring is 1. The Morgan fingerprint density at radius 1 is 1.44 bits per heavy atom. The van der Waals surface area contributed by atoms with Gasteiger partial charge in [-0.2, -0.15) is 4.39 Å². The minimum absolute atomic E-state index is 0.103. The number of aromatic nitrogens is 3. The molecule has 3 rings (SSSR count). The monoisotopic (exact) mass is 392 g/mol. The van der Waals surface area contributed by atoms with Gasteiger partial charge in [0, 0.05) is 11.8 Å². The second-order valence-corrected chi connectivity index (χ2v) is 6.63. The highest BCUT2D eigenvalue weighted by Gasteiger charge is 2.22. The number of nitrogens with two attached hydrogens (primary N) is 1. The molecule has 1 amide bonds. The van der Waals surface area contributed by atoms with Crippen molar-refractivity contribution in [2.45, 2.75) is 17.3 Å². The van der Waals surface area contributed by atoms with Crippen LogP contribution in [0.2, 0.25) is 0 Å². The maximum atomic E-state index is 13.4. The molecule has 0 saturated heterocycles. The number of benzene rings is 1. The van der Waals surface area contributed by atoms with Crippen LogP contribution in [-0.2, 0) is 4.79 Å². The van der Waals surface area contributed by atoms with Gasteiger partial charge in [-0.3, -0.25) is 14.9 Å². The Balaban J connectivity index is 1.70. The third kappa shape index (κ3) is 3.89. The van der Waals surface area contributed by atoms with E-state index in [1.165, 1.54) is 17.0 Å². The van der Waals surface area contributed by atoms with Crippen LogP contribution in [0.25, 0.3) is 11.6 Å². The third-order valence-corrected chi connectivity index (χ3v) is 4.52. The normalized spacial score (nSPS) is 11.9. The summed E-state index contributed by atoms with van der Waals surface area (Å²) in [5, 5.41) is 20.7. The number of hydrogen-bond acceptors (Lipinski definition) is 8. The Morgan fingerprint density at radius 3 is 2.89 bits per heavy atom. The molecule has 0 saturated carbocycles. The highest BCUT2D eigenvalue weighted by molar-refractivity contribution is 8.00. The van der Waals surface area contributed by atoms with Crippen LogP contribution < -0.4 is 11.2 Å². The van der Waals surface area contributed by atoms with Crippen LogP contribution >= 0.6 is 11.8 Å². The summed E-state index contributed by atoms with van der Waals surface area (Å²) in [6.07, 6.45) is 1.47. The van der Waals surface area contributed by atoms with Gasteiger partial charge in [0.15, 0.2) is 5.76 Å². The maximum Gasteiger partial charge on any atom is 0.306 e. The molecule has 0 bridgehead atoms. The number of carbonyl (C=O) groups is 1. The summed E-state index contributed by atoms with van der Waals surface area (Å²) >= 11 is 1.03. The lowest BCUT2D eigenvalue weighted by atomic mass is 10.2. The number of carbonyl (C=O) groups excluding carboxylic acids is 1. The van der Waals surface area contributed by atoms with Crippen molar-refractivity contribution in [3.63, 3.8) is 0 Å². The van der Waals surface area contributed by atoms with E-state index in [0.717, 1.165) is 23.9 Å². The molecule has 2 aromatic heterocycles. The molecule has 0 aliphatic carbocycles. The second-order valence-electron chi connectivity index (χ2n) is 5.33. The van der Waals surface area contributed by atoms with Crippen LogP contribution in [0.4, 0.5) is 15.8 Å². The number of halogens is 1. The lowest BCUT2D eigenvalue weighted by Crippen LogP contribution is -2.23. The first-order valence-electron chi connectivity index (χ1n) is 7.52. The Bertz CT molecular complexity index is 990. The summed E-state index contributed by atoms with van der Waals surface area (Å²) in [7, 11) is 0. The first kappa shape index (κ1) is 18.4. The van der Waals surface area contributed by atoms with Crippen LogP contribution in [-0.4, -0.2) is 31.0 Å². The van der Waals surface area contributed by atoms with Crippen molar-refractivity contribution in [2.24, 2.45) is 0 Å². The lowest BCUT2D eigenvalue weighted by Gasteiger charge is -2.11. The van der Waals surface area contributed by atoms with Gasteiger partial charge in [0.05, 0.1) is 16.4 Å². The summed E-state index contributed by atoms with van der Waals surface area (Å²) in [6, 6.07) is 6.44. The summed E-state index contributed by atoms with van der Waals surface area (Å²) in [5.74, 6) is 5.19. The SMILES string of the molecule is CC(Sc1nnc(-c2ccco2)n1N)C(=O)Nc1ccc(F)c([N+](=O)[O-])c1. The van der Waals surface area contributed by atoms with Crippen LogP contribution in [0.3, 0.4) is 0 Å². The van der Waals surface area contributed by atoms with E-state index in [1.807, 2.05) is 0 Å². The number of nitro groups is 1. The zero-order chi connectivity index (χ0) is 19.6. The fraction of sp³-hybridized carbons (Fsp3) is 0.133. The molecule has 0 radical (unpaired) electrons. The molecule has 0 aliphatic rings. The molecule has 3 aromatic rings. The van der Waals surface area contributed by atoms with Crippen molar-refractivity contribution in [1.82, 2.24) is 14.9 Å². The van der Waals surface area contributed by atoms with Gasteiger partial charge in [0.25, 0.3) is 0 Å². The number of furan rings is 1. The van der Waals surface area contributed by atoms with Gasteiger partial charge < -0.3 is 15.6 Å². The van der Waals surface area contributed by atoms with E-state index >= 15 is 0 Å². The van der Waals surface area contributed by atoms with Crippen molar-refractivity contribution >= 4 is 29.0 Å². The van der Waals surface area contributed by atoms with Gasteiger partial charge in [-0.05, 0) is 31.2 Å². The zero-order valence-electron chi connectivity index (χ0n) is 13.8. The van der Waals surface area contributed by atoms with Gasteiger partial charge in [0.2, 0.25) is 22.7 Å². The van der Waals surface area contributed by atoms with Crippen LogP contribution in [0.5, 0.6) is 0 Å². The van der Waals surface area contributed by atoms with Gasteiger partial charge in [-0.25, -0.2) is 4.68 Å².